The molecule has 1 aliphatic rings. The fourth-order valence-corrected chi connectivity index (χ4v) is 2.95. The van der Waals surface area contributed by atoms with E-state index in [2.05, 4.69) is 0 Å². The molecule has 0 bridgehead atoms. The van der Waals surface area contributed by atoms with E-state index in [1.165, 1.54) is 19.0 Å². The molecule has 0 radical (unpaired) electrons. The zero-order valence-electron chi connectivity index (χ0n) is 13.8. The van der Waals surface area contributed by atoms with Crippen LogP contribution in [-0.4, -0.2) is 55.0 Å². The lowest BCUT2D eigenvalue weighted by Crippen LogP contribution is -2.45. The molecule has 0 saturated carbocycles. The number of alkyl halides is 3. The van der Waals surface area contributed by atoms with Crippen LogP contribution in [0.2, 0.25) is 0 Å². The van der Waals surface area contributed by atoms with Crippen molar-refractivity contribution in [2.75, 3.05) is 27.2 Å². The molecule has 0 fully saturated rings. The van der Waals surface area contributed by atoms with Crippen molar-refractivity contribution in [1.29, 1.82) is 0 Å². The molecule has 0 spiro atoms. The average Bonchev–Trinajstić information content (AvgIpc) is 2.88. The monoisotopic (exact) mass is 342 g/mol. The molecule has 0 heterocycles. The van der Waals surface area contributed by atoms with E-state index in [9.17, 15) is 22.8 Å². The highest BCUT2D eigenvalue weighted by Gasteiger charge is 2.35. The highest BCUT2D eigenvalue weighted by atomic mass is 19.4. The van der Waals surface area contributed by atoms with Crippen molar-refractivity contribution in [2.45, 2.75) is 31.4 Å². The second kappa shape index (κ2) is 7.23. The third-order valence-electron chi connectivity index (χ3n) is 4.23. The van der Waals surface area contributed by atoms with Crippen molar-refractivity contribution in [3.05, 3.63) is 35.4 Å². The molecule has 4 nitrogen and oxygen atoms in total. The summed E-state index contributed by atoms with van der Waals surface area (Å²) in [7, 11) is 2.90. The minimum atomic E-state index is -4.53. The molecule has 24 heavy (non-hydrogen) atoms. The molecule has 1 aromatic rings. The highest BCUT2D eigenvalue weighted by Crippen LogP contribution is 2.35. The minimum Gasteiger partial charge on any atom is -0.347 e. The van der Waals surface area contributed by atoms with Crippen molar-refractivity contribution in [2.24, 2.45) is 0 Å². The van der Waals surface area contributed by atoms with Gasteiger partial charge in [-0.3, -0.25) is 9.59 Å². The summed E-state index contributed by atoms with van der Waals surface area (Å²) in [4.78, 5) is 25.9. The maximum Gasteiger partial charge on any atom is 0.406 e. The van der Waals surface area contributed by atoms with Crippen molar-refractivity contribution in [3.63, 3.8) is 0 Å². The first-order chi connectivity index (χ1) is 11.2. The summed E-state index contributed by atoms with van der Waals surface area (Å²) in [6, 6.07) is 7.67. The number of aryl methyl sites for hydroxylation is 1. The number of amides is 2. The maximum absolute atomic E-state index is 12.8. The topological polar surface area (TPSA) is 40.6 Å². The molecule has 1 aromatic carbocycles. The Morgan fingerprint density at radius 3 is 2.46 bits per heavy atom. The summed E-state index contributed by atoms with van der Waals surface area (Å²) in [5.41, 5.74) is 2.17. The van der Waals surface area contributed by atoms with Gasteiger partial charge in [-0.15, -0.1) is 0 Å². The van der Waals surface area contributed by atoms with Crippen molar-refractivity contribution in [3.8, 4) is 0 Å². The van der Waals surface area contributed by atoms with Gasteiger partial charge in [0.1, 0.15) is 13.1 Å². The number of halogens is 3. The van der Waals surface area contributed by atoms with Crippen LogP contribution in [0.3, 0.4) is 0 Å². The summed E-state index contributed by atoms with van der Waals surface area (Å²) in [5, 5.41) is 0. The van der Waals surface area contributed by atoms with E-state index in [4.69, 9.17) is 0 Å². The van der Waals surface area contributed by atoms with Crippen LogP contribution in [0.4, 0.5) is 13.2 Å². The number of benzene rings is 1. The summed E-state index contributed by atoms with van der Waals surface area (Å²) in [5.74, 6) is -1.25. The fourth-order valence-electron chi connectivity index (χ4n) is 2.95. The van der Waals surface area contributed by atoms with E-state index in [1.54, 1.807) is 0 Å². The summed E-state index contributed by atoms with van der Waals surface area (Å²) in [6.07, 6.45) is -2.97. The van der Waals surface area contributed by atoms with Crippen molar-refractivity contribution < 1.29 is 22.8 Å². The van der Waals surface area contributed by atoms with Gasteiger partial charge in [0, 0.05) is 20.5 Å². The summed E-state index contributed by atoms with van der Waals surface area (Å²) >= 11 is 0. The third-order valence-corrected chi connectivity index (χ3v) is 4.23. The highest BCUT2D eigenvalue weighted by molar-refractivity contribution is 5.85. The van der Waals surface area contributed by atoms with Crippen LogP contribution in [0, 0.1) is 0 Å². The lowest BCUT2D eigenvalue weighted by atomic mass is 9.97. The molecule has 0 aliphatic heterocycles. The molecule has 2 rings (SSSR count). The van der Waals surface area contributed by atoms with Crippen molar-refractivity contribution in [1.82, 2.24) is 9.80 Å². The summed E-state index contributed by atoms with van der Waals surface area (Å²) in [6.45, 7) is -1.96. The number of hydrogen-bond acceptors (Lipinski definition) is 2. The number of hydrogen-bond donors (Lipinski definition) is 0. The minimum absolute atomic E-state index is 0.00615. The maximum atomic E-state index is 12.8. The predicted molar refractivity (Wildman–Crippen MR) is 83.5 cm³/mol. The molecule has 0 N–H and O–H groups in total. The van der Waals surface area contributed by atoms with E-state index in [0.29, 0.717) is 4.90 Å². The van der Waals surface area contributed by atoms with Crippen LogP contribution in [0.25, 0.3) is 0 Å². The van der Waals surface area contributed by atoms with Gasteiger partial charge < -0.3 is 9.80 Å². The zero-order chi connectivity index (χ0) is 17.9. The summed E-state index contributed by atoms with van der Waals surface area (Å²) < 4.78 is 38.3. The van der Waals surface area contributed by atoms with Crippen LogP contribution >= 0.6 is 0 Å². The Bertz CT molecular complexity index is 614. The van der Waals surface area contributed by atoms with Gasteiger partial charge in [0.2, 0.25) is 11.8 Å². The van der Waals surface area contributed by atoms with Crippen LogP contribution in [0.1, 0.15) is 29.9 Å². The molecule has 132 valence electrons. The first-order valence-corrected chi connectivity index (χ1v) is 7.80. The smallest absolute Gasteiger partial charge is 0.347 e. The number of fused-ring (bicyclic) bond motifs is 1. The molecule has 0 aromatic heterocycles. The Hall–Kier alpha value is -2.05. The number of carbonyl (C=O) groups is 2. The number of rotatable bonds is 5. The lowest BCUT2D eigenvalue weighted by Gasteiger charge is -2.26. The van der Waals surface area contributed by atoms with Gasteiger partial charge in [0.05, 0.1) is 0 Å². The molecule has 2 amide bonds. The van der Waals surface area contributed by atoms with E-state index >= 15 is 0 Å². The standard InChI is InChI=1S/C17H21F3N2O2/c1-21(2)16(24)10-22(11-17(18,19)20)15(23)9-13-8-7-12-5-3-4-6-14(12)13/h3-6,13H,7-11H2,1-2H3. The second-order valence-corrected chi connectivity index (χ2v) is 6.29. The van der Waals surface area contributed by atoms with E-state index in [0.717, 1.165) is 24.0 Å². The van der Waals surface area contributed by atoms with Crippen LogP contribution in [0.15, 0.2) is 24.3 Å². The van der Waals surface area contributed by atoms with Crippen LogP contribution < -0.4 is 0 Å². The first-order valence-electron chi connectivity index (χ1n) is 7.80. The van der Waals surface area contributed by atoms with Gasteiger partial charge in [-0.25, -0.2) is 0 Å². The average molecular weight is 342 g/mol. The fraction of sp³-hybridized carbons (Fsp3) is 0.529. The van der Waals surface area contributed by atoms with Gasteiger partial charge in [0.15, 0.2) is 0 Å². The largest absolute Gasteiger partial charge is 0.406 e. The van der Waals surface area contributed by atoms with E-state index in [-0.39, 0.29) is 12.3 Å². The zero-order valence-corrected chi connectivity index (χ0v) is 13.8. The van der Waals surface area contributed by atoms with E-state index in [1.807, 2.05) is 24.3 Å². The molecular weight excluding hydrogens is 321 g/mol. The lowest BCUT2D eigenvalue weighted by molar-refractivity contribution is -0.164. The molecule has 1 unspecified atom stereocenters. The quantitative estimate of drug-likeness (QED) is 0.825. The first kappa shape index (κ1) is 18.3. The second-order valence-electron chi connectivity index (χ2n) is 6.29. The normalized spacial score (nSPS) is 16.6. The SMILES string of the molecule is CN(C)C(=O)CN(CC(F)(F)F)C(=O)CC1CCc2ccccc21. The number of carbonyl (C=O) groups excluding carboxylic acids is 2. The van der Waals surface area contributed by atoms with Gasteiger partial charge in [0.25, 0.3) is 0 Å². The number of likely N-dealkylation sites (N-methyl/N-ethyl adjacent to an activating group) is 1. The number of nitrogens with zero attached hydrogens (tertiary/aromatic N) is 2. The Morgan fingerprint density at radius 2 is 1.83 bits per heavy atom. The van der Waals surface area contributed by atoms with Gasteiger partial charge in [-0.1, -0.05) is 24.3 Å². The van der Waals surface area contributed by atoms with Gasteiger partial charge >= 0.3 is 6.18 Å². The van der Waals surface area contributed by atoms with Crippen molar-refractivity contribution >= 4 is 11.8 Å². The third kappa shape index (κ3) is 4.72. The Labute approximate surface area is 139 Å². The predicted octanol–water partition coefficient (Wildman–Crippen LogP) is 2.59. The molecular formula is C17H21F3N2O2. The van der Waals surface area contributed by atoms with Gasteiger partial charge in [-0.2, -0.15) is 13.2 Å². The Balaban J connectivity index is 2.09. The molecule has 0 saturated heterocycles. The Morgan fingerprint density at radius 1 is 1.17 bits per heavy atom. The van der Waals surface area contributed by atoms with E-state index < -0.39 is 31.1 Å². The molecule has 1 atom stereocenters. The van der Waals surface area contributed by atoms with Crippen LogP contribution in [0.5, 0.6) is 0 Å². The van der Waals surface area contributed by atoms with Crippen LogP contribution in [-0.2, 0) is 16.0 Å². The molecule has 1 aliphatic carbocycles. The Kier molecular flexibility index (Phi) is 5.51. The van der Waals surface area contributed by atoms with Gasteiger partial charge in [-0.05, 0) is 29.9 Å². The molecule has 7 heteroatoms.